The second-order valence-electron chi connectivity index (χ2n) is 5.68. The van der Waals surface area contributed by atoms with Gasteiger partial charge in [0.15, 0.2) is 0 Å². The number of hydrogen-bond acceptors (Lipinski definition) is 4. The molecule has 0 aromatic heterocycles. The number of halogens is 1. The first-order valence-corrected chi connectivity index (χ1v) is 9.20. The summed E-state index contributed by atoms with van der Waals surface area (Å²) in [7, 11) is -4.08. The third-order valence-corrected chi connectivity index (χ3v) is 5.86. The zero-order valence-electron chi connectivity index (χ0n) is 13.0. The van der Waals surface area contributed by atoms with Crippen LogP contribution in [-0.4, -0.2) is 37.2 Å². The van der Waals surface area contributed by atoms with Crippen LogP contribution in [0.3, 0.4) is 0 Å². The highest BCUT2D eigenvalue weighted by Gasteiger charge is 2.50. The summed E-state index contributed by atoms with van der Waals surface area (Å²) in [5.41, 5.74) is -1.14. The molecule has 23 heavy (non-hydrogen) atoms. The summed E-state index contributed by atoms with van der Waals surface area (Å²) in [6.07, 6.45) is 1.43. The van der Waals surface area contributed by atoms with Gasteiger partial charge >= 0.3 is 0 Å². The molecule has 6 nitrogen and oxygen atoms in total. The highest BCUT2D eigenvalue weighted by Crippen LogP contribution is 2.32. The SMILES string of the molecule is CCCC(=O)N1CCC1(C)C(=O)NS(=O)(=O)c1ccccc1Cl. The molecule has 1 saturated heterocycles. The molecule has 0 aliphatic carbocycles. The lowest BCUT2D eigenvalue weighted by Gasteiger charge is -2.48. The van der Waals surface area contributed by atoms with E-state index < -0.39 is 21.5 Å². The van der Waals surface area contributed by atoms with Crippen LogP contribution in [0.25, 0.3) is 0 Å². The zero-order chi connectivity index (χ0) is 17.3. The van der Waals surface area contributed by atoms with Crippen molar-refractivity contribution < 1.29 is 18.0 Å². The molecular weight excluding hydrogens is 340 g/mol. The molecule has 0 saturated carbocycles. The fourth-order valence-corrected chi connectivity index (χ4v) is 4.09. The van der Waals surface area contributed by atoms with E-state index in [0.717, 1.165) is 0 Å². The van der Waals surface area contributed by atoms with E-state index in [0.29, 0.717) is 25.8 Å². The third-order valence-electron chi connectivity index (χ3n) is 4.03. The summed E-state index contributed by atoms with van der Waals surface area (Å²) < 4.78 is 26.7. The van der Waals surface area contributed by atoms with Crippen LogP contribution in [-0.2, 0) is 19.6 Å². The molecule has 1 aliphatic rings. The van der Waals surface area contributed by atoms with Crippen LogP contribution in [0.5, 0.6) is 0 Å². The maximum Gasteiger partial charge on any atom is 0.265 e. The molecule has 2 rings (SSSR count). The standard InChI is InChI=1S/C15H19ClN2O4S/c1-3-6-13(19)18-10-9-15(18,2)14(20)17-23(21,22)12-8-5-4-7-11(12)16/h4-5,7-8H,3,6,9-10H2,1-2H3,(H,17,20). The van der Waals surface area contributed by atoms with E-state index in [2.05, 4.69) is 0 Å². The molecule has 1 aromatic carbocycles. The molecule has 1 heterocycles. The number of hydrogen-bond donors (Lipinski definition) is 1. The number of nitrogens with zero attached hydrogens (tertiary/aromatic N) is 1. The zero-order valence-corrected chi connectivity index (χ0v) is 14.6. The van der Waals surface area contributed by atoms with Crippen molar-refractivity contribution in [2.24, 2.45) is 0 Å². The van der Waals surface area contributed by atoms with E-state index >= 15 is 0 Å². The number of carbonyl (C=O) groups excluding carboxylic acids is 2. The van der Waals surface area contributed by atoms with Gasteiger partial charge in [0.25, 0.3) is 15.9 Å². The number of benzene rings is 1. The first-order valence-electron chi connectivity index (χ1n) is 7.34. The summed E-state index contributed by atoms with van der Waals surface area (Å²) in [5.74, 6) is -0.861. The third kappa shape index (κ3) is 3.35. The van der Waals surface area contributed by atoms with Crippen molar-refractivity contribution in [3.05, 3.63) is 29.3 Å². The largest absolute Gasteiger partial charge is 0.328 e. The monoisotopic (exact) mass is 358 g/mol. The van der Waals surface area contributed by atoms with E-state index in [1.165, 1.54) is 23.1 Å². The van der Waals surface area contributed by atoms with Crippen LogP contribution in [0, 0.1) is 0 Å². The summed E-state index contributed by atoms with van der Waals surface area (Å²) in [5, 5.41) is 0.0328. The van der Waals surface area contributed by atoms with Crippen molar-refractivity contribution >= 4 is 33.4 Å². The van der Waals surface area contributed by atoms with E-state index in [1.807, 2.05) is 11.6 Å². The van der Waals surface area contributed by atoms with Gasteiger partial charge in [0.2, 0.25) is 5.91 Å². The van der Waals surface area contributed by atoms with Crippen LogP contribution in [0.15, 0.2) is 29.2 Å². The fourth-order valence-electron chi connectivity index (χ4n) is 2.49. The first-order chi connectivity index (χ1) is 10.7. The molecule has 0 spiro atoms. The minimum atomic E-state index is -4.08. The average Bonchev–Trinajstić information content (AvgIpc) is 2.45. The molecule has 0 bridgehead atoms. The van der Waals surface area contributed by atoms with Crippen molar-refractivity contribution in [2.45, 2.75) is 43.5 Å². The molecule has 1 aliphatic heterocycles. The minimum Gasteiger partial charge on any atom is -0.328 e. The van der Waals surface area contributed by atoms with E-state index in [1.54, 1.807) is 13.0 Å². The summed E-state index contributed by atoms with van der Waals surface area (Å²) in [4.78, 5) is 25.7. The molecule has 1 aromatic rings. The Labute approximate surface area is 140 Å². The second kappa shape index (κ2) is 6.49. The molecule has 1 fully saturated rings. The van der Waals surface area contributed by atoms with Gasteiger partial charge in [0, 0.05) is 13.0 Å². The van der Waals surface area contributed by atoms with E-state index in [-0.39, 0.29) is 15.8 Å². The van der Waals surface area contributed by atoms with Crippen molar-refractivity contribution in [1.29, 1.82) is 0 Å². The maximum atomic E-state index is 12.4. The van der Waals surface area contributed by atoms with Crippen molar-refractivity contribution in [1.82, 2.24) is 9.62 Å². The fraction of sp³-hybridized carbons (Fsp3) is 0.467. The van der Waals surface area contributed by atoms with Crippen LogP contribution in [0.1, 0.15) is 33.1 Å². The number of carbonyl (C=O) groups is 2. The first kappa shape index (κ1) is 17.7. The van der Waals surface area contributed by atoms with Gasteiger partial charge in [-0.1, -0.05) is 30.7 Å². The Kier molecular flexibility index (Phi) is 5.01. The van der Waals surface area contributed by atoms with E-state index in [9.17, 15) is 18.0 Å². The summed E-state index contributed by atoms with van der Waals surface area (Å²) in [6.45, 7) is 3.90. The van der Waals surface area contributed by atoms with Crippen molar-refractivity contribution in [3.8, 4) is 0 Å². The lowest BCUT2D eigenvalue weighted by Crippen LogP contribution is -2.67. The van der Waals surface area contributed by atoms with Gasteiger partial charge in [-0.3, -0.25) is 9.59 Å². The lowest BCUT2D eigenvalue weighted by molar-refractivity contribution is -0.156. The number of rotatable bonds is 5. The van der Waals surface area contributed by atoms with Crippen molar-refractivity contribution in [2.75, 3.05) is 6.54 Å². The van der Waals surface area contributed by atoms with Gasteiger partial charge in [-0.25, -0.2) is 13.1 Å². The molecule has 1 atom stereocenters. The Morgan fingerprint density at radius 1 is 1.35 bits per heavy atom. The molecule has 1 N–H and O–H groups in total. The summed E-state index contributed by atoms with van der Waals surface area (Å²) in [6, 6.07) is 5.87. The summed E-state index contributed by atoms with van der Waals surface area (Å²) >= 11 is 5.88. The number of sulfonamides is 1. The van der Waals surface area contributed by atoms with Crippen LogP contribution in [0.2, 0.25) is 5.02 Å². The van der Waals surface area contributed by atoms with Crippen LogP contribution >= 0.6 is 11.6 Å². The van der Waals surface area contributed by atoms with Crippen molar-refractivity contribution in [3.63, 3.8) is 0 Å². The van der Waals surface area contributed by atoms with Gasteiger partial charge in [-0.2, -0.15) is 0 Å². The number of likely N-dealkylation sites (tertiary alicyclic amines) is 1. The normalized spacial score (nSPS) is 20.7. The molecule has 1 unspecified atom stereocenters. The van der Waals surface area contributed by atoms with Gasteiger partial charge < -0.3 is 4.90 Å². The molecule has 2 amide bonds. The Bertz CT molecular complexity index is 735. The second-order valence-corrected chi connectivity index (χ2v) is 7.74. The average molecular weight is 359 g/mol. The molecule has 126 valence electrons. The predicted molar refractivity (Wildman–Crippen MR) is 86.4 cm³/mol. The number of amides is 2. The topological polar surface area (TPSA) is 83.6 Å². The highest BCUT2D eigenvalue weighted by molar-refractivity contribution is 7.90. The number of nitrogens with one attached hydrogen (secondary N) is 1. The van der Waals surface area contributed by atoms with Gasteiger partial charge in [-0.15, -0.1) is 0 Å². The highest BCUT2D eigenvalue weighted by atomic mass is 35.5. The van der Waals surface area contributed by atoms with Crippen LogP contribution < -0.4 is 4.72 Å². The Morgan fingerprint density at radius 3 is 2.52 bits per heavy atom. The Balaban J connectivity index is 2.19. The van der Waals surface area contributed by atoms with Gasteiger partial charge in [0.1, 0.15) is 10.4 Å². The minimum absolute atomic E-state index is 0.0328. The smallest absolute Gasteiger partial charge is 0.265 e. The quantitative estimate of drug-likeness (QED) is 0.871. The lowest BCUT2D eigenvalue weighted by atomic mass is 9.85. The molecule has 0 radical (unpaired) electrons. The molecule has 8 heteroatoms. The van der Waals surface area contributed by atoms with Crippen LogP contribution in [0.4, 0.5) is 0 Å². The maximum absolute atomic E-state index is 12.4. The Morgan fingerprint density at radius 2 is 2.00 bits per heavy atom. The Hall–Kier alpha value is -1.60. The van der Waals surface area contributed by atoms with Gasteiger partial charge in [-0.05, 0) is 31.9 Å². The van der Waals surface area contributed by atoms with Gasteiger partial charge in [0.05, 0.1) is 5.02 Å². The predicted octanol–water partition coefficient (Wildman–Crippen LogP) is 1.94. The molecular formula is C15H19ClN2O4S. The van der Waals surface area contributed by atoms with E-state index in [4.69, 9.17) is 11.6 Å².